The Balaban J connectivity index is 2.67. The van der Waals surface area contributed by atoms with E-state index in [2.05, 4.69) is 0 Å². The summed E-state index contributed by atoms with van der Waals surface area (Å²) in [6.45, 7) is 7.92. The van der Waals surface area contributed by atoms with Gasteiger partial charge >= 0.3 is 6.16 Å². The Hall–Kier alpha value is -0.730. The highest BCUT2D eigenvalue weighted by atomic mass is 16.8. The lowest BCUT2D eigenvalue weighted by Gasteiger charge is -2.25. The highest BCUT2D eigenvalue weighted by molar-refractivity contribution is 5.62. The molecule has 0 saturated carbocycles. The van der Waals surface area contributed by atoms with Crippen LogP contribution in [0, 0.1) is 5.41 Å². The van der Waals surface area contributed by atoms with E-state index < -0.39 is 6.16 Å². The molecular weight excluding hydrogens is 144 g/mol. The first kappa shape index (κ1) is 8.37. The van der Waals surface area contributed by atoms with E-state index in [0.29, 0.717) is 0 Å². The largest absolute Gasteiger partial charge is 0.509 e. The van der Waals surface area contributed by atoms with Crippen molar-refractivity contribution in [3.8, 4) is 0 Å². The molecule has 2 unspecified atom stereocenters. The smallest absolute Gasteiger partial charge is 0.427 e. The van der Waals surface area contributed by atoms with E-state index in [1.807, 2.05) is 27.7 Å². The molecular formula is C8H14O3. The van der Waals surface area contributed by atoms with Gasteiger partial charge in [0.25, 0.3) is 0 Å². The molecule has 0 spiro atoms. The predicted octanol–water partition coefficient (Wildman–Crippen LogP) is 1.96. The topological polar surface area (TPSA) is 35.5 Å². The van der Waals surface area contributed by atoms with Crippen LogP contribution in [0.5, 0.6) is 0 Å². The molecule has 1 aliphatic heterocycles. The SMILES string of the molecule is CC1OC(=O)OC1C(C)(C)C. The van der Waals surface area contributed by atoms with Crippen molar-refractivity contribution in [2.75, 3.05) is 0 Å². The van der Waals surface area contributed by atoms with Crippen molar-refractivity contribution in [3.63, 3.8) is 0 Å². The molecule has 3 nitrogen and oxygen atoms in total. The Morgan fingerprint density at radius 3 is 2.00 bits per heavy atom. The molecule has 3 heteroatoms. The van der Waals surface area contributed by atoms with Crippen molar-refractivity contribution < 1.29 is 14.3 Å². The molecule has 1 fully saturated rings. The molecule has 0 aromatic heterocycles. The van der Waals surface area contributed by atoms with Gasteiger partial charge < -0.3 is 9.47 Å². The van der Waals surface area contributed by atoms with Crippen LogP contribution in [0.25, 0.3) is 0 Å². The highest BCUT2D eigenvalue weighted by Gasteiger charge is 2.41. The van der Waals surface area contributed by atoms with Crippen molar-refractivity contribution in [1.29, 1.82) is 0 Å². The van der Waals surface area contributed by atoms with Crippen LogP contribution in [0.4, 0.5) is 4.79 Å². The first-order valence-electron chi connectivity index (χ1n) is 3.78. The number of cyclic esters (lactones) is 2. The van der Waals surface area contributed by atoms with Crippen molar-refractivity contribution in [1.82, 2.24) is 0 Å². The van der Waals surface area contributed by atoms with Gasteiger partial charge in [-0.15, -0.1) is 0 Å². The van der Waals surface area contributed by atoms with Gasteiger partial charge in [-0.1, -0.05) is 20.8 Å². The van der Waals surface area contributed by atoms with Crippen molar-refractivity contribution >= 4 is 6.16 Å². The molecule has 0 bridgehead atoms. The van der Waals surface area contributed by atoms with Gasteiger partial charge in [0.1, 0.15) is 12.2 Å². The van der Waals surface area contributed by atoms with Crippen molar-refractivity contribution in [3.05, 3.63) is 0 Å². The van der Waals surface area contributed by atoms with Crippen LogP contribution in [-0.4, -0.2) is 18.4 Å². The lowest BCUT2D eigenvalue weighted by molar-refractivity contribution is 0.0567. The molecule has 1 saturated heterocycles. The fourth-order valence-corrected chi connectivity index (χ4v) is 1.32. The van der Waals surface area contributed by atoms with Crippen LogP contribution in [0.2, 0.25) is 0 Å². The maximum Gasteiger partial charge on any atom is 0.509 e. The van der Waals surface area contributed by atoms with Crippen LogP contribution >= 0.6 is 0 Å². The minimum absolute atomic E-state index is 0.0361. The molecule has 0 radical (unpaired) electrons. The summed E-state index contributed by atoms with van der Waals surface area (Å²) in [5, 5.41) is 0. The fourth-order valence-electron chi connectivity index (χ4n) is 1.32. The zero-order valence-corrected chi connectivity index (χ0v) is 7.38. The first-order chi connectivity index (χ1) is 4.91. The zero-order chi connectivity index (χ0) is 8.65. The van der Waals surface area contributed by atoms with Crippen LogP contribution in [0.1, 0.15) is 27.7 Å². The first-order valence-corrected chi connectivity index (χ1v) is 3.78. The third-order valence-corrected chi connectivity index (χ3v) is 1.79. The Labute approximate surface area is 66.7 Å². The van der Waals surface area contributed by atoms with Gasteiger partial charge in [-0.2, -0.15) is 0 Å². The molecule has 0 aromatic carbocycles. The van der Waals surface area contributed by atoms with Crippen molar-refractivity contribution in [2.45, 2.75) is 39.9 Å². The summed E-state index contributed by atoms with van der Waals surface area (Å²) in [4.78, 5) is 10.7. The van der Waals surface area contributed by atoms with E-state index in [9.17, 15) is 4.79 Å². The Bertz CT molecular complexity index is 169. The lowest BCUT2D eigenvalue weighted by atomic mass is 9.86. The number of ether oxygens (including phenoxy) is 2. The monoisotopic (exact) mass is 158 g/mol. The van der Waals surface area contributed by atoms with E-state index in [1.165, 1.54) is 0 Å². The molecule has 0 aromatic rings. The van der Waals surface area contributed by atoms with Crippen LogP contribution in [0.3, 0.4) is 0 Å². The van der Waals surface area contributed by atoms with Gasteiger partial charge in [-0.05, 0) is 6.92 Å². The second kappa shape index (κ2) is 2.40. The third kappa shape index (κ3) is 1.64. The standard InChI is InChI=1S/C8H14O3/c1-5-6(8(2,3)4)11-7(9)10-5/h5-6H,1-4H3. The average molecular weight is 158 g/mol. The van der Waals surface area contributed by atoms with Gasteiger partial charge in [0.2, 0.25) is 0 Å². The summed E-state index contributed by atoms with van der Waals surface area (Å²) >= 11 is 0. The van der Waals surface area contributed by atoms with Gasteiger partial charge in [0.05, 0.1) is 0 Å². The molecule has 1 rings (SSSR count). The number of carbonyl (C=O) groups is 1. The molecule has 11 heavy (non-hydrogen) atoms. The Kier molecular flexibility index (Phi) is 1.82. The van der Waals surface area contributed by atoms with Crippen LogP contribution in [0.15, 0.2) is 0 Å². The molecule has 0 N–H and O–H groups in total. The van der Waals surface area contributed by atoms with Gasteiger partial charge in [-0.25, -0.2) is 4.79 Å². The summed E-state index contributed by atoms with van der Waals surface area (Å²) in [6.07, 6.45) is -0.782. The van der Waals surface area contributed by atoms with E-state index in [-0.39, 0.29) is 17.6 Å². The Morgan fingerprint density at radius 1 is 1.27 bits per heavy atom. The van der Waals surface area contributed by atoms with Gasteiger partial charge in [-0.3, -0.25) is 0 Å². The zero-order valence-electron chi connectivity index (χ0n) is 7.38. The second-order valence-electron chi connectivity index (χ2n) is 3.98. The number of carbonyl (C=O) groups excluding carboxylic acids is 1. The van der Waals surface area contributed by atoms with Gasteiger partial charge in [0, 0.05) is 5.41 Å². The maximum absolute atomic E-state index is 10.7. The molecule has 64 valence electrons. The fraction of sp³-hybridized carbons (Fsp3) is 0.875. The summed E-state index contributed by atoms with van der Waals surface area (Å²) in [6, 6.07) is 0. The second-order valence-corrected chi connectivity index (χ2v) is 3.98. The summed E-state index contributed by atoms with van der Waals surface area (Å²) < 4.78 is 9.82. The maximum atomic E-state index is 10.7. The molecule has 2 atom stereocenters. The van der Waals surface area contributed by atoms with E-state index in [1.54, 1.807) is 0 Å². The normalized spacial score (nSPS) is 31.5. The lowest BCUT2D eigenvalue weighted by Crippen LogP contribution is -2.33. The summed E-state index contributed by atoms with van der Waals surface area (Å²) in [5.41, 5.74) is -0.0361. The molecule has 1 heterocycles. The number of hydrogen-bond acceptors (Lipinski definition) is 3. The van der Waals surface area contributed by atoms with E-state index in [4.69, 9.17) is 9.47 Å². The average Bonchev–Trinajstić information content (AvgIpc) is 2.08. The molecule has 0 aliphatic carbocycles. The number of hydrogen-bond donors (Lipinski definition) is 0. The highest BCUT2D eigenvalue weighted by Crippen LogP contribution is 2.30. The summed E-state index contributed by atoms with van der Waals surface area (Å²) in [7, 11) is 0. The Morgan fingerprint density at radius 2 is 1.82 bits per heavy atom. The van der Waals surface area contributed by atoms with Crippen molar-refractivity contribution in [2.24, 2.45) is 5.41 Å². The minimum atomic E-state index is -0.544. The van der Waals surface area contributed by atoms with Crippen LogP contribution in [-0.2, 0) is 9.47 Å². The predicted molar refractivity (Wildman–Crippen MR) is 40.3 cm³/mol. The van der Waals surface area contributed by atoms with E-state index in [0.717, 1.165) is 0 Å². The quantitative estimate of drug-likeness (QED) is 0.505. The number of rotatable bonds is 0. The summed E-state index contributed by atoms with van der Waals surface area (Å²) in [5.74, 6) is 0. The van der Waals surface area contributed by atoms with E-state index >= 15 is 0 Å². The van der Waals surface area contributed by atoms with Gasteiger partial charge in [0.15, 0.2) is 0 Å². The minimum Gasteiger partial charge on any atom is -0.427 e. The van der Waals surface area contributed by atoms with Crippen LogP contribution < -0.4 is 0 Å². The third-order valence-electron chi connectivity index (χ3n) is 1.79. The molecule has 1 aliphatic rings. The molecule has 0 amide bonds.